The molecule has 0 saturated carbocycles. The van der Waals surface area contributed by atoms with E-state index in [0.717, 1.165) is 33.0 Å². The van der Waals surface area contributed by atoms with Gasteiger partial charge in [0.1, 0.15) is 0 Å². The monoisotopic (exact) mass is 254 g/mol. The number of fused-ring (bicyclic) bond motifs is 2. The third-order valence-electron chi connectivity index (χ3n) is 3.20. The quantitative estimate of drug-likeness (QED) is 0.621. The van der Waals surface area contributed by atoms with Gasteiger partial charge in [0.2, 0.25) is 0 Å². The van der Waals surface area contributed by atoms with Gasteiger partial charge in [0.15, 0.2) is 5.43 Å². The minimum Gasteiger partial charge on any atom is -0.289 e. The molecule has 0 N–H and O–H groups in total. The Morgan fingerprint density at radius 3 is 2.61 bits per heavy atom. The summed E-state index contributed by atoms with van der Waals surface area (Å²) in [5.41, 5.74) is 1.46. The Hall–Kier alpha value is -1.67. The highest BCUT2D eigenvalue weighted by Crippen LogP contribution is 2.27. The number of hydrogen-bond acceptors (Lipinski definition) is 2. The molecule has 0 spiro atoms. The second-order valence-electron chi connectivity index (χ2n) is 4.47. The average molecular weight is 254 g/mol. The van der Waals surface area contributed by atoms with Crippen LogP contribution in [0.3, 0.4) is 0 Å². The van der Waals surface area contributed by atoms with E-state index in [4.69, 9.17) is 0 Å². The smallest absolute Gasteiger partial charge is 0.195 e. The maximum Gasteiger partial charge on any atom is 0.195 e. The lowest BCUT2D eigenvalue weighted by Gasteiger charge is -2.05. The van der Waals surface area contributed by atoms with E-state index in [1.807, 2.05) is 36.4 Å². The minimum atomic E-state index is 0.164. The Labute approximate surface area is 110 Å². The third-order valence-corrected chi connectivity index (χ3v) is 4.47. The van der Waals surface area contributed by atoms with Gasteiger partial charge in [-0.3, -0.25) is 4.79 Å². The normalized spacial score (nSPS) is 11.2. The van der Waals surface area contributed by atoms with Crippen LogP contribution < -0.4 is 5.43 Å². The minimum absolute atomic E-state index is 0.164. The van der Waals surface area contributed by atoms with Gasteiger partial charge in [-0.2, -0.15) is 0 Å². The Morgan fingerprint density at radius 1 is 1.00 bits per heavy atom. The topological polar surface area (TPSA) is 17.1 Å². The Balaban J connectivity index is 2.47. The molecule has 0 amide bonds. The standard InChI is InChI=1S/C16H14OS/c1-2-6-11-7-5-9-13-15(17)12-8-3-4-10-14(12)18-16(11)13/h3-5,7-10H,2,6H2,1H3. The third kappa shape index (κ3) is 1.73. The maximum absolute atomic E-state index is 12.5. The zero-order valence-corrected chi connectivity index (χ0v) is 11.1. The molecular weight excluding hydrogens is 240 g/mol. The Kier molecular flexibility index (Phi) is 2.88. The van der Waals surface area contributed by atoms with Crippen LogP contribution in [0.4, 0.5) is 0 Å². The Bertz CT molecular complexity index is 771. The van der Waals surface area contributed by atoms with E-state index in [-0.39, 0.29) is 5.43 Å². The van der Waals surface area contributed by atoms with Crippen molar-refractivity contribution in [1.82, 2.24) is 0 Å². The molecule has 0 saturated heterocycles. The van der Waals surface area contributed by atoms with Crippen LogP contribution in [0.2, 0.25) is 0 Å². The Morgan fingerprint density at radius 2 is 1.78 bits per heavy atom. The van der Waals surface area contributed by atoms with Gasteiger partial charge in [0, 0.05) is 20.2 Å². The van der Waals surface area contributed by atoms with Crippen molar-refractivity contribution >= 4 is 31.5 Å². The van der Waals surface area contributed by atoms with Gasteiger partial charge in [0.05, 0.1) is 0 Å². The van der Waals surface area contributed by atoms with Crippen molar-refractivity contribution < 1.29 is 0 Å². The largest absolute Gasteiger partial charge is 0.289 e. The van der Waals surface area contributed by atoms with Crippen LogP contribution in [0.5, 0.6) is 0 Å². The number of aryl methyl sites for hydroxylation is 1. The lowest BCUT2D eigenvalue weighted by molar-refractivity contribution is 0.931. The molecule has 0 radical (unpaired) electrons. The van der Waals surface area contributed by atoms with Crippen molar-refractivity contribution in [3.63, 3.8) is 0 Å². The van der Waals surface area contributed by atoms with Gasteiger partial charge < -0.3 is 0 Å². The van der Waals surface area contributed by atoms with Crippen LogP contribution in [-0.2, 0) is 6.42 Å². The van der Waals surface area contributed by atoms with Crippen molar-refractivity contribution in [2.45, 2.75) is 19.8 Å². The first-order valence-electron chi connectivity index (χ1n) is 6.24. The summed E-state index contributed by atoms with van der Waals surface area (Å²) in [4.78, 5) is 12.5. The van der Waals surface area contributed by atoms with Crippen molar-refractivity contribution in [2.75, 3.05) is 0 Å². The summed E-state index contributed by atoms with van der Waals surface area (Å²) < 4.78 is 2.24. The molecule has 18 heavy (non-hydrogen) atoms. The van der Waals surface area contributed by atoms with Gasteiger partial charge >= 0.3 is 0 Å². The summed E-state index contributed by atoms with van der Waals surface area (Å²) in [6, 6.07) is 13.9. The van der Waals surface area contributed by atoms with Crippen molar-refractivity contribution in [3.05, 3.63) is 58.3 Å². The maximum atomic E-state index is 12.5. The van der Waals surface area contributed by atoms with E-state index in [9.17, 15) is 4.79 Å². The van der Waals surface area contributed by atoms with Crippen molar-refractivity contribution in [2.24, 2.45) is 0 Å². The highest BCUT2D eigenvalue weighted by molar-refractivity contribution is 7.24. The van der Waals surface area contributed by atoms with Crippen LogP contribution in [0, 0.1) is 0 Å². The molecule has 1 heterocycles. The van der Waals surface area contributed by atoms with Crippen LogP contribution in [-0.4, -0.2) is 0 Å². The fraction of sp³-hybridized carbons (Fsp3) is 0.188. The summed E-state index contributed by atoms with van der Waals surface area (Å²) in [5.74, 6) is 0. The van der Waals surface area contributed by atoms with E-state index in [1.54, 1.807) is 11.3 Å². The van der Waals surface area contributed by atoms with E-state index in [0.29, 0.717) is 0 Å². The molecule has 2 aromatic carbocycles. The molecule has 0 aliphatic heterocycles. The van der Waals surface area contributed by atoms with Gasteiger partial charge in [0.25, 0.3) is 0 Å². The summed E-state index contributed by atoms with van der Waals surface area (Å²) >= 11 is 1.73. The molecule has 1 nitrogen and oxygen atoms in total. The number of rotatable bonds is 2. The number of benzene rings is 2. The van der Waals surface area contributed by atoms with Crippen molar-refractivity contribution in [1.29, 1.82) is 0 Å². The van der Waals surface area contributed by atoms with Gasteiger partial charge in [-0.05, 0) is 30.2 Å². The fourth-order valence-corrected chi connectivity index (χ4v) is 3.56. The summed E-state index contributed by atoms with van der Waals surface area (Å²) in [6.07, 6.45) is 2.14. The molecule has 0 bridgehead atoms. The first kappa shape index (κ1) is 11.4. The number of hydrogen-bond donors (Lipinski definition) is 0. The zero-order valence-electron chi connectivity index (χ0n) is 10.3. The molecule has 0 aliphatic rings. The lowest BCUT2D eigenvalue weighted by atomic mass is 10.1. The van der Waals surface area contributed by atoms with E-state index in [2.05, 4.69) is 13.0 Å². The van der Waals surface area contributed by atoms with Crippen LogP contribution in [0.15, 0.2) is 47.3 Å². The van der Waals surface area contributed by atoms with Gasteiger partial charge in [-0.15, -0.1) is 11.3 Å². The first-order valence-corrected chi connectivity index (χ1v) is 7.06. The average Bonchev–Trinajstić information content (AvgIpc) is 2.40. The predicted molar refractivity (Wildman–Crippen MR) is 79.6 cm³/mol. The first-order chi connectivity index (χ1) is 8.81. The molecule has 3 rings (SSSR count). The molecule has 3 aromatic rings. The summed E-state index contributed by atoms with van der Waals surface area (Å²) in [6.45, 7) is 2.17. The second-order valence-corrected chi connectivity index (χ2v) is 5.52. The molecule has 0 unspecified atom stereocenters. The van der Waals surface area contributed by atoms with Crippen LogP contribution in [0.25, 0.3) is 20.2 Å². The highest BCUT2D eigenvalue weighted by atomic mass is 32.1. The van der Waals surface area contributed by atoms with E-state index < -0.39 is 0 Å². The molecular formula is C16H14OS. The molecule has 1 aromatic heterocycles. The SMILES string of the molecule is CCCc1cccc2c(=O)c3ccccc3sc12. The van der Waals surface area contributed by atoms with E-state index in [1.165, 1.54) is 5.56 Å². The molecule has 0 fully saturated rings. The summed E-state index contributed by atoms with van der Waals surface area (Å²) in [5, 5.41) is 1.70. The van der Waals surface area contributed by atoms with Crippen LogP contribution >= 0.6 is 11.3 Å². The second kappa shape index (κ2) is 4.54. The zero-order chi connectivity index (χ0) is 12.5. The fourth-order valence-electron chi connectivity index (χ4n) is 2.35. The van der Waals surface area contributed by atoms with Crippen molar-refractivity contribution in [3.8, 4) is 0 Å². The highest BCUT2D eigenvalue weighted by Gasteiger charge is 2.08. The van der Waals surface area contributed by atoms with E-state index >= 15 is 0 Å². The molecule has 2 heteroatoms. The molecule has 90 valence electrons. The van der Waals surface area contributed by atoms with Crippen LogP contribution in [0.1, 0.15) is 18.9 Å². The predicted octanol–water partition coefficient (Wildman–Crippen LogP) is 4.37. The molecule has 0 atom stereocenters. The van der Waals surface area contributed by atoms with Gasteiger partial charge in [-0.25, -0.2) is 0 Å². The summed E-state index contributed by atoms with van der Waals surface area (Å²) in [7, 11) is 0. The van der Waals surface area contributed by atoms with Gasteiger partial charge in [-0.1, -0.05) is 37.6 Å². The lowest BCUT2D eigenvalue weighted by Crippen LogP contribution is -2.01. The molecule has 0 aliphatic carbocycles.